The number of benzene rings is 1. The predicted molar refractivity (Wildman–Crippen MR) is 89.9 cm³/mol. The van der Waals surface area contributed by atoms with E-state index in [2.05, 4.69) is 10.6 Å². The molecule has 1 rings (SSSR count). The molecule has 0 unspecified atom stereocenters. The molecule has 0 aromatic heterocycles. The number of ether oxygens (including phenoxy) is 1. The highest BCUT2D eigenvalue weighted by Crippen LogP contribution is 2.06. The van der Waals surface area contributed by atoms with E-state index in [1.807, 2.05) is 51.1 Å². The predicted octanol–water partition coefficient (Wildman–Crippen LogP) is 2.56. The number of rotatable bonds is 7. The molecule has 1 aromatic carbocycles. The Balaban J connectivity index is 2.04. The van der Waals surface area contributed by atoms with Crippen molar-refractivity contribution in [1.82, 2.24) is 10.6 Å². The van der Waals surface area contributed by atoms with Crippen LogP contribution in [0.1, 0.15) is 26.3 Å². The first kappa shape index (κ1) is 18.4. The van der Waals surface area contributed by atoms with E-state index in [-0.39, 0.29) is 5.91 Å². The van der Waals surface area contributed by atoms with Crippen molar-refractivity contribution in [2.75, 3.05) is 18.1 Å². The van der Waals surface area contributed by atoms with Gasteiger partial charge in [-0.25, -0.2) is 4.79 Å². The van der Waals surface area contributed by atoms with E-state index in [4.69, 9.17) is 4.74 Å². The van der Waals surface area contributed by atoms with Crippen LogP contribution in [0.4, 0.5) is 4.79 Å². The van der Waals surface area contributed by atoms with Crippen molar-refractivity contribution in [3.8, 4) is 0 Å². The maximum atomic E-state index is 11.7. The summed E-state index contributed by atoms with van der Waals surface area (Å²) in [5, 5.41) is 5.51. The van der Waals surface area contributed by atoms with Gasteiger partial charge in [0.2, 0.25) is 5.91 Å². The molecule has 0 saturated heterocycles. The molecule has 0 aliphatic rings. The van der Waals surface area contributed by atoms with Gasteiger partial charge >= 0.3 is 6.09 Å². The molecule has 2 amide bonds. The van der Waals surface area contributed by atoms with Crippen LogP contribution < -0.4 is 10.6 Å². The maximum absolute atomic E-state index is 11.7. The summed E-state index contributed by atoms with van der Waals surface area (Å²) in [6.45, 7) is 6.47. The normalized spacial score (nSPS) is 10.9. The summed E-state index contributed by atoms with van der Waals surface area (Å²) in [5.41, 5.74) is 0.585. The third kappa shape index (κ3) is 9.28. The van der Waals surface area contributed by atoms with Crippen LogP contribution in [0.2, 0.25) is 0 Å². The number of hydrogen-bond acceptors (Lipinski definition) is 4. The minimum atomic E-state index is -0.492. The molecule has 0 spiro atoms. The zero-order chi connectivity index (χ0) is 16.4. The lowest BCUT2D eigenvalue weighted by atomic mass is 10.2. The Morgan fingerprint density at radius 1 is 1.14 bits per heavy atom. The average Bonchev–Trinajstić information content (AvgIpc) is 2.44. The second kappa shape index (κ2) is 9.35. The number of carbonyl (C=O) groups is 2. The lowest BCUT2D eigenvalue weighted by Crippen LogP contribution is -2.33. The lowest BCUT2D eigenvalue weighted by Gasteiger charge is -2.19. The van der Waals surface area contributed by atoms with Crippen molar-refractivity contribution in [1.29, 1.82) is 0 Å². The summed E-state index contributed by atoms with van der Waals surface area (Å²) in [4.78, 5) is 23.1. The minimum absolute atomic E-state index is 0.00822. The number of alkyl carbamates (subject to hydrolysis) is 1. The number of hydrogen-bond donors (Lipinski definition) is 2. The lowest BCUT2D eigenvalue weighted by molar-refractivity contribution is -0.118. The van der Waals surface area contributed by atoms with Crippen LogP contribution >= 0.6 is 11.8 Å². The van der Waals surface area contributed by atoms with Crippen molar-refractivity contribution >= 4 is 23.8 Å². The van der Waals surface area contributed by atoms with Crippen LogP contribution in [0.3, 0.4) is 0 Å². The Morgan fingerprint density at radius 2 is 1.82 bits per heavy atom. The third-order valence-corrected chi connectivity index (χ3v) is 3.44. The molecule has 0 atom stereocenters. The quantitative estimate of drug-likeness (QED) is 0.757. The number of thioether (sulfide) groups is 1. The molecular weight excluding hydrogens is 300 g/mol. The molecule has 0 bridgehead atoms. The van der Waals surface area contributed by atoms with Gasteiger partial charge in [-0.05, 0) is 26.3 Å². The molecular formula is C16H24N2O3S. The van der Waals surface area contributed by atoms with Gasteiger partial charge in [0.15, 0.2) is 0 Å². The fourth-order valence-corrected chi connectivity index (χ4v) is 2.23. The van der Waals surface area contributed by atoms with Crippen LogP contribution in [0, 0.1) is 0 Å². The van der Waals surface area contributed by atoms with Gasteiger partial charge in [0, 0.05) is 18.8 Å². The van der Waals surface area contributed by atoms with Crippen LogP contribution in [-0.4, -0.2) is 35.7 Å². The number of nitrogens with one attached hydrogen (secondary N) is 2. The van der Waals surface area contributed by atoms with Crippen molar-refractivity contribution < 1.29 is 14.3 Å². The maximum Gasteiger partial charge on any atom is 0.407 e. The third-order valence-electron chi connectivity index (χ3n) is 2.48. The van der Waals surface area contributed by atoms with E-state index in [0.29, 0.717) is 24.6 Å². The highest BCUT2D eigenvalue weighted by atomic mass is 32.2. The second-order valence-electron chi connectivity index (χ2n) is 5.74. The zero-order valence-electron chi connectivity index (χ0n) is 13.3. The van der Waals surface area contributed by atoms with Crippen molar-refractivity contribution in [3.05, 3.63) is 35.9 Å². The largest absolute Gasteiger partial charge is 0.444 e. The van der Waals surface area contributed by atoms with E-state index in [9.17, 15) is 9.59 Å². The summed E-state index contributed by atoms with van der Waals surface area (Å²) in [7, 11) is 0. The smallest absolute Gasteiger partial charge is 0.407 e. The van der Waals surface area contributed by atoms with Gasteiger partial charge in [0.1, 0.15) is 5.60 Å². The van der Waals surface area contributed by atoms with Crippen molar-refractivity contribution in [3.63, 3.8) is 0 Å². The summed E-state index contributed by atoms with van der Waals surface area (Å²) >= 11 is 1.47. The van der Waals surface area contributed by atoms with E-state index in [1.54, 1.807) is 0 Å². The highest BCUT2D eigenvalue weighted by Gasteiger charge is 2.15. The van der Waals surface area contributed by atoms with Crippen molar-refractivity contribution in [2.45, 2.75) is 32.9 Å². The van der Waals surface area contributed by atoms with E-state index >= 15 is 0 Å². The SMILES string of the molecule is CC(C)(C)OC(=O)NCCSCC(=O)NCc1ccccc1. The Bertz CT molecular complexity index is 472. The van der Waals surface area contributed by atoms with Crippen LogP contribution in [-0.2, 0) is 16.1 Å². The zero-order valence-corrected chi connectivity index (χ0v) is 14.2. The highest BCUT2D eigenvalue weighted by molar-refractivity contribution is 7.99. The van der Waals surface area contributed by atoms with Gasteiger partial charge in [-0.1, -0.05) is 30.3 Å². The van der Waals surface area contributed by atoms with Gasteiger partial charge < -0.3 is 15.4 Å². The van der Waals surface area contributed by atoms with Crippen LogP contribution in [0.25, 0.3) is 0 Å². The summed E-state index contributed by atoms with van der Waals surface area (Å²) < 4.78 is 5.11. The number of carbonyl (C=O) groups excluding carboxylic acids is 2. The molecule has 0 aliphatic carbocycles. The monoisotopic (exact) mass is 324 g/mol. The van der Waals surface area contributed by atoms with Gasteiger partial charge in [-0.15, -0.1) is 0 Å². The Hall–Kier alpha value is -1.69. The standard InChI is InChI=1S/C16H24N2O3S/c1-16(2,3)21-15(20)17-9-10-22-12-14(19)18-11-13-7-5-4-6-8-13/h4-8H,9-12H2,1-3H3,(H,17,20)(H,18,19). The number of amides is 2. The summed E-state index contributed by atoms with van der Waals surface area (Å²) in [5.74, 6) is 1.03. The first-order chi connectivity index (χ1) is 10.4. The molecule has 122 valence electrons. The molecule has 1 aromatic rings. The molecule has 0 saturated carbocycles. The van der Waals surface area contributed by atoms with Gasteiger partial charge in [0.05, 0.1) is 5.75 Å². The Morgan fingerprint density at radius 3 is 2.45 bits per heavy atom. The first-order valence-electron chi connectivity index (χ1n) is 7.22. The fourth-order valence-electron chi connectivity index (χ4n) is 1.55. The molecule has 5 nitrogen and oxygen atoms in total. The molecule has 6 heteroatoms. The molecule has 0 fully saturated rings. The second-order valence-corrected chi connectivity index (χ2v) is 6.85. The van der Waals surface area contributed by atoms with Crippen LogP contribution in [0.15, 0.2) is 30.3 Å². The molecule has 0 aliphatic heterocycles. The minimum Gasteiger partial charge on any atom is -0.444 e. The van der Waals surface area contributed by atoms with Gasteiger partial charge in [-0.3, -0.25) is 4.79 Å². The molecule has 0 radical (unpaired) electrons. The van der Waals surface area contributed by atoms with Crippen LogP contribution in [0.5, 0.6) is 0 Å². The van der Waals surface area contributed by atoms with E-state index in [0.717, 1.165) is 5.56 Å². The van der Waals surface area contributed by atoms with Gasteiger partial charge in [-0.2, -0.15) is 11.8 Å². The summed E-state index contributed by atoms with van der Waals surface area (Å²) in [6.07, 6.45) is -0.429. The summed E-state index contributed by atoms with van der Waals surface area (Å²) in [6, 6.07) is 9.77. The van der Waals surface area contributed by atoms with E-state index < -0.39 is 11.7 Å². The molecule has 2 N–H and O–H groups in total. The molecule has 0 heterocycles. The topological polar surface area (TPSA) is 67.4 Å². The van der Waals surface area contributed by atoms with Gasteiger partial charge in [0.25, 0.3) is 0 Å². The first-order valence-corrected chi connectivity index (χ1v) is 8.37. The van der Waals surface area contributed by atoms with Crippen molar-refractivity contribution in [2.24, 2.45) is 0 Å². The van der Waals surface area contributed by atoms with E-state index in [1.165, 1.54) is 11.8 Å². The molecule has 22 heavy (non-hydrogen) atoms. The Kier molecular flexibility index (Phi) is 7.80. The fraction of sp³-hybridized carbons (Fsp3) is 0.500. The Labute approximate surface area is 136 Å². The average molecular weight is 324 g/mol.